The Morgan fingerprint density at radius 2 is 2.20 bits per heavy atom. The highest BCUT2D eigenvalue weighted by atomic mass is 16.3. The van der Waals surface area contributed by atoms with Crippen molar-refractivity contribution < 1.29 is 9.90 Å². The molecule has 1 fully saturated rings. The van der Waals surface area contributed by atoms with Gasteiger partial charge in [-0.1, -0.05) is 0 Å². The molecule has 0 bridgehead atoms. The molecule has 1 unspecified atom stereocenters. The Labute approximate surface area is 60.6 Å². The summed E-state index contributed by atoms with van der Waals surface area (Å²) in [7, 11) is 1.76. The molecule has 0 aliphatic carbocycles. The van der Waals surface area contributed by atoms with Crippen molar-refractivity contribution in [1.29, 1.82) is 0 Å². The normalized spacial score (nSPS) is 35.6. The summed E-state index contributed by atoms with van der Waals surface area (Å²) in [4.78, 5) is 12.6. The van der Waals surface area contributed by atoms with Gasteiger partial charge in [-0.05, 0) is 13.8 Å². The fourth-order valence-electron chi connectivity index (χ4n) is 1.41. The molecule has 1 N–H and O–H groups in total. The largest absolute Gasteiger partial charge is 0.393 e. The van der Waals surface area contributed by atoms with Crippen LogP contribution in [0.3, 0.4) is 0 Å². The minimum Gasteiger partial charge on any atom is -0.393 e. The quantitative estimate of drug-likeness (QED) is 0.518. The van der Waals surface area contributed by atoms with E-state index in [9.17, 15) is 4.79 Å². The van der Waals surface area contributed by atoms with E-state index in [4.69, 9.17) is 5.11 Å². The zero-order valence-electron chi connectivity index (χ0n) is 6.53. The average Bonchev–Trinajstić information content (AvgIpc) is 1.87. The van der Waals surface area contributed by atoms with Crippen LogP contribution in [-0.4, -0.2) is 35.1 Å². The van der Waals surface area contributed by atoms with Gasteiger partial charge < -0.3 is 10.0 Å². The lowest BCUT2D eigenvalue weighted by Crippen LogP contribution is -2.60. The van der Waals surface area contributed by atoms with Crippen molar-refractivity contribution in [2.45, 2.75) is 26.0 Å². The molecule has 1 heterocycles. The second-order valence-electron chi connectivity index (χ2n) is 2.96. The first kappa shape index (κ1) is 7.54. The van der Waals surface area contributed by atoms with E-state index in [1.165, 1.54) is 0 Å². The first-order valence-corrected chi connectivity index (χ1v) is 3.50. The van der Waals surface area contributed by atoms with E-state index in [1.54, 1.807) is 18.9 Å². The van der Waals surface area contributed by atoms with Gasteiger partial charge in [-0.2, -0.15) is 0 Å². The van der Waals surface area contributed by atoms with Crippen molar-refractivity contribution >= 4 is 5.91 Å². The molecule has 1 amide bonds. The minimum absolute atomic E-state index is 0.0579. The highest BCUT2D eigenvalue weighted by molar-refractivity contribution is 5.86. The molecule has 58 valence electrons. The van der Waals surface area contributed by atoms with Crippen LogP contribution in [-0.2, 0) is 4.79 Å². The molecule has 0 radical (unpaired) electrons. The third-order valence-electron chi connectivity index (χ3n) is 2.28. The van der Waals surface area contributed by atoms with Crippen molar-refractivity contribution in [3.05, 3.63) is 0 Å². The van der Waals surface area contributed by atoms with E-state index >= 15 is 0 Å². The minimum atomic E-state index is -0.501. The van der Waals surface area contributed by atoms with Crippen LogP contribution in [0, 0.1) is 5.92 Å². The van der Waals surface area contributed by atoms with Crippen molar-refractivity contribution in [3.63, 3.8) is 0 Å². The number of hydrogen-bond donors (Lipinski definition) is 1. The molecule has 1 rings (SSSR count). The second kappa shape index (κ2) is 2.23. The maximum Gasteiger partial charge on any atom is 0.230 e. The summed E-state index contributed by atoms with van der Waals surface area (Å²) in [6.07, 6.45) is -0.501. The molecule has 1 aliphatic rings. The van der Waals surface area contributed by atoms with E-state index in [0.29, 0.717) is 0 Å². The van der Waals surface area contributed by atoms with Crippen LogP contribution < -0.4 is 0 Å². The van der Waals surface area contributed by atoms with Gasteiger partial charge in [0.15, 0.2) is 0 Å². The molecule has 0 saturated carbocycles. The third-order valence-corrected chi connectivity index (χ3v) is 2.28. The Morgan fingerprint density at radius 1 is 1.70 bits per heavy atom. The van der Waals surface area contributed by atoms with Crippen LogP contribution in [0.15, 0.2) is 0 Å². The number of carbonyl (C=O) groups excluding carboxylic acids is 1. The molecule has 1 saturated heterocycles. The monoisotopic (exact) mass is 143 g/mol. The van der Waals surface area contributed by atoms with Gasteiger partial charge in [0.05, 0.1) is 12.0 Å². The van der Waals surface area contributed by atoms with Gasteiger partial charge >= 0.3 is 0 Å². The Kier molecular flexibility index (Phi) is 1.68. The molecular formula is C7H13NO2. The number of β-lactam (4-membered cyclic amide) rings is 1. The number of likely N-dealkylation sites (tertiary alicyclic amines) is 1. The third kappa shape index (κ3) is 0.814. The van der Waals surface area contributed by atoms with Crippen molar-refractivity contribution in [2.75, 3.05) is 7.05 Å². The molecule has 0 aromatic carbocycles. The van der Waals surface area contributed by atoms with Crippen LogP contribution in [0.2, 0.25) is 0 Å². The van der Waals surface area contributed by atoms with E-state index in [2.05, 4.69) is 0 Å². The summed E-state index contributed by atoms with van der Waals surface area (Å²) in [6.45, 7) is 3.60. The number of carbonyl (C=O) groups is 1. The van der Waals surface area contributed by atoms with Crippen molar-refractivity contribution in [2.24, 2.45) is 5.92 Å². The molecule has 0 aromatic rings. The van der Waals surface area contributed by atoms with Crippen molar-refractivity contribution in [3.8, 4) is 0 Å². The number of aliphatic hydroxyl groups excluding tert-OH is 1. The predicted molar refractivity (Wildman–Crippen MR) is 37.4 cm³/mol. The molecule has 0 aromatic heterocycles. The first-order valence-electron chi connectivity index (χ1n) is 3.50. The van der Waals surface area contributed by atoms with Crippen LogP contribution in [0.5, 0.6) is 0 Å². The Bertz CT molecular complexity index is 156. The van der Waals surface area contributed by atoms with Gasteiger partial charge in [-0.3, -0.25) is 4.79 Å². The molecule has 3 heteroatoms. The average molecular weight is 143 g/mol. The van der Waals surface area contributed by atoms with Crippen LogP contribution in [0.25, 0.3) is 0 Å². The van der Waals surface area contributed by atoms with E-state index in [1.807, 2.05) is 6.92 Å². The summed E-state index contributed by atoms with van der Waals surface area (Å²) in [5.41, 5.74) is 0. The van der Waals surface area contributed by atoms with Gasteiger partial charge in [0.25, 0.3) is 0 Å². The molecule has 10 heavy (non-hydrogen) atoms. The SMILES string of the molecule is CC1[C@H]([C@@H](C)O)C(=O)N1C. The summed E-state index contributed by atoms with van der Waals surface area (Å²) in [5.74, 6) is -0.104. The summed E-state index contributed by atoms with van der Waals surface area (Å²) in [6, 6.07) is 0.201. The second-order valence-corrected chi connectivity index (χ2v) is 2.96. The van der Waals surface area contributed by atoms with Crippen LogP contribution >= 0.6 is 0 Å². The zero-order chi connectivity index (χ0) is 7.89. The Balaban J connectivity index is 2.58. The zero-order valence-corrected chi connectivity index (χ0v) is 6.53. The van der Waals surface area contributed by atoms with Crippen LogP contribution in [0.4, 0.5) is 0 Å². The molecular weight excluding hydrogens is 130 g/mol. The summed E-state index contributed by atoms with van der Waals surface area (Å²) < 4.78 is 0. The predicted octanol–water partition coefficient (Wildman–Crippen LogP) is -0.156. The van der Waals surface area contributed by atoms with Crippen LogP contribution in [0.1, 0.15) is 13.8 Å². The lowest BCUT2D eigenvalue weighted by atomic mass is 9.85. The van der Waals surface area contributed by atoms with Gasteiger partial charge in [0, 0.05) is 13.1 Å². The maximum atomic E-state index is 11.0. The smallest absolute Gasteiger partial charge is 0.230 e. The summed E-state index contributed by atoms with van der Waals surface area (Å²) in [5, 5.41) is 9.08. The Hall–Kier alpha value is -0.570. The molecule has 3 nitrogen and oxygen atoms in total. The highest BCUT2D eigenvalue weighted by Gasteiger charge is 2.44. The highest BCUT2D eigenvalue weighted by Crippen LogP contribution is 2.26. The van der Waals surface area contributed by atoms with Gasteiger partial charge in [0.2, 0.25) is 5.91 Å². The fraction of sp³-hybridized carbons (Fsp3) is 0.857. The molecule has 0 spiro atoms. The van der Waals surface area contributed by atoms with E-state index < -0.39 is 6.10 Å². The topological polar surface area (TPSA) is 40.5 Å². The van der Waals surface area contributed by atoms with E-state index in [-0.39, 0.29) is 17.9 Å². The van der Waals surface area contributed by atoms with Gasteiger partial charge in [0.1, 0.15) is 0 Å². The van der Waals surface area contributed by atoms with Crippen molar-refractivity contribution in [1.82, 2.24) is 4.90 Å². The number of nitrogens with zero attached hydrogens (tertiary/aromatic N) is 1. The molecule has 3 atom stereocenters. The number of amides is 1. The fourth-order valence-corrected chi connectivity index (χ4v) is 1.41. The van der Waals surface area contributed by atoms with Gasteiger partial charge in [-0.25, -0.2) is 0 Å². The standard InChI is InChI=1S/C7H13NO2/c1-4-6(5(2)9)7(10)8(4)3/h4-6,9H,1-3H3/t4?,5-,6-/m1/s1. The lowest BCUT2D eigenvalue weighted by molar-refractivity contribution is -0.159. The molecule has 1 aliphatic heterocycles. The Morgan fingerprint density at radius 3 is 2.40 bits per heavy atom. The number of hydrogen-bond acceptors (Lipinski definition) is 2. The lowest BCUT2D eigenvalue weighted by Gasteiger charge is -2.44. The first-order chi connectivity index (χ1) is 4.55. The van der Waals surface area contributed by atoms with E-state index in [0.717, 1.165) is 0 Å². The maximum absolute atomic E-state index is 11.0. The number of rotatable bonds is 1. The van der Waals surface area contributed by atoms with Gasteiger partial charge in [-0.15, -0.1) is 0 Å². The number of aliphatic hydroxyl groups is 1. The summed E-state index contributed by atoms with van der Waals surface area (Å²) >= 11 is 0.